The molecule has 0 unspecified atom stereocenters. The molecule has 30 heavy (non-hydrogen) atoms. The summed E-state index contributed by atoms with van der Waals surface area (Å²) in [5.41, 5.74) is 0.878. The number of aliphatic hydroxyl groups excluding tert-OH is 1. The number of hydrogen-bond donors (Lipinski definition) is 3. The monoisotopic (exact) mass is 432 g/mol. The molecule has 0 bridgehead atoms. The van der Waals surface area contributed by atoms with Crippen LogP contribution in [-0.4, -0.2) is 45.5 Å². The Hall–Kier alpha value is -1.93. The number of anilines is 1. The number of aromatic nitrogens is 2. The summed E-state index contributed by atoms with van der Waals surface area (Å²) >= 11 is 1.77. The Morgan fingerprint density at radius 1 is 1.20 bits per heavy atom. The van der Waals surface area contributed by atoms with E-state index in [0.717, 1.165) is 61.0 Å². The molecule has 8 heteroatoms. The van der Waals surface area contributed by atoms with Gasteiger partial charge in [0.2, 0.25) is 0 Å². The van der Waals surface area contributed by atoms with E-state index in [0.29, 0.717) is 12.0 Å². The number of aliphatic hydroxyl groups is 1. The van der Waals surface area contributed by atoms with E-state index in [1.54, 1.807) is 17.7 Å². The van der Waals surface area contributed by atoms with E-state index in [-0.39, 0.29) is 18.7 Å². The zero-order chi connectivity index (χ0) is 21.3. The number of carbonyl (C=O) groups is 1. The second-order valence-electron chi connectivity index (χ2n) is 9.43. The average Bonchev–Trinajstić information content (AvgIpc) is 3.22. The van der Waals surface area contributed by atoms with Gasteiger partial charge in [-0.2, -0.15) is 0 Å². The molecule has 2 aromatic rings. The summed E-state index contributed by atoms with van der Waals surface area (Å²) in [6.45, 7) is 5.85. The van der Waals surface area contributed by atoms with Crippen molar-refractivity contribution in [3.8, 4) is 0 Å². The molecule has 1 fully saturated rings. The summed E-state index contributed by atoms with van der Waals surface area (Å²) in [5, 5.41) is 17.3. The van der Waals surface area contributed by atoms with Gasteiger partial charge in [-0.25, -0.2) is 14.8 Å². The largest absolute Gasteiger partial charge is 0.444 e. The number of rotatable bonds is 5. The third kappa shape index (κ3) is 4.70. The summed E-state index contributed by atoms with van der Waals surface area (Å²) in [5.74, 6) is 1.32. The van der Waals surface area contributed by atoms with E-state index in [2.05, 4.69) is 20.6 Å². The molecule has 4 rings (SSSR count). The Bertz CT molecular complexity index is 900. The van der Waals surface area contributed by atoms with Crippen molar-refractivity contribution in [3.63, 3.8) is 0 Å². The van der Waals surface area contributed by atoms with Gasteiger partial charge in [-0.1, -0.05) is 0 Å². The van der Waals surface area contributed by atoms with Crippen LogP contribution in [-0.2, 0) is 11.2 Å². The highest BCUT2D eigenvalue weighted by molar-refractivity contribution is 7.19. The van der Waals surface area contributed by atoms with Crippen LogP contribution < -0.4 is 10.6 Å². The van der Waals surface area contributed by atoms with E-state index in [1.165, 1.54) is 10.4 Å². The fourth-order valence-corrected chi connectivity index (χ4v) is 5.91. The standard InChI is InChI=1S/C22H32N4O3S/c1-22(2,3)29-21(28)26-15-7-5-14(6-8-15)25-19-18-17-13(10-11-27)4-9-16(17)30-20(18)24-12-23-19/h12-15,27H,4-11H2,1-3H3,(H,26,28)(H,23,24,25)/t13-,14-,15-/m1/s1. The Morgan fingerprint density at radius 2 is 1.93 bits per heavy atom. The molecule has 0 aromatic carbocycles. The molecular formula is C22H32N4O3S. The zero-order valence-corrected chi connectivity index (χ0v) is 18.8. The van der Waals surface area contributed by atoms with E-state index in [9.17, 15) is 9.90 Å². The molecule has 2 heterocycles. The summed E-state index contributed by atoms with van der Waals surface area (Å²) < 4.78 is 5.38. The van der Waals surface area contributed by atoms with Gasteiger partial charge in [0.25, 0.3) is 0 Å². The smallest absolute Gasteiger partial charge is 0.407 e. The average molecular weight is 433 g/mol. The van der Waals surface area contributed by atoms with E-state index in [4.69, 9.17) is 4.74 Å². The maximum absolute atomic E-state index is 12.0. The van der Waals surface area contributed by atoms with Gasteiger partial charge in [0, 0.05) is 23.6 Å². The van der Waals surface area contributed by atoms with Crippen molar-refractivity contribution < 1.29 is 14.6 Å². The number of amides is 1. The minimum Gasteiger partial charge on any atom is -0.444 e. The number of thiophene rings is 1. The lowest BCUT2D eigenvalue weighted by molar-refractivity contribution is 0.0492. The van der Waals surface area contributed by atoms with Gasteiger partial charge in [0.15, 0.2) is 0 Å². The molecule has 7 nitrogen and oxygen atoms in total. The highest BCUT2D eigenvalue weighted by atomic mass is 32.1. The molecule has 0 radical (unpaired) electrons. The highest BCUT2D eigenvalue weighted by Crippen LogP contribution is 2.46. The Morgan fingerprint density at radius 3 is 2.63 bits per heavy atom. The summed E-state index contributed by atoms with van der Waals surface area (Å²) in [6.07, 6.45) is 8.06. The van der Waals surface area contributed by atoms with Crippen LogP contribution >= 0.6 is 11.3 Å². The first-order valence-corrected chi connectivity index (χ1v) is 11.8. The van der Waals surface area contributed by atoms with Crippen LogP contribution in [0.25, 0.3) is 10.2 Å². The molecule has 3 N–H and O–H groups in total. The predicted molar refractivity (Wildman–Crippen MR) is 119 cm³/mol. The van der Waals surface area contributed by atoms with E-state index >= 15 is 0 Å². The summed E-state index contributed by atoms with van der Waals surface area (Å²) in [4.78, 5) is 23.6. The van der Waals surface area contributed by atoms with Gasteiger partial charge < -0.3 is 20.5 Å². The molecule has 1 atom stereocenters. The lowest BCUT2D eigenvalue weighted by Crippen LogP contribution is -2.42. The van der Waals surface area contributed by atoms with E-state index < -0.39 is 5.60 Å². The molecule has 2 aromatic heterocycles. The minimum absolute atomic E-state index is 0.155. The highest BCUT2D eigenvalue weighted by Gasteiger charge is 2.30. The first-order chi connectivity index (χ1) is 14.3. The molecule has 1 saturated carbocycles. The van der Waals surface area contributed by atoms with Gasteiger partial charge in [0.05, 0.1) is 5.39 Å². The SMILES string of the molecule is CC(C)(C)OC(=O)N[C@H]1CC[C@H](Nc2ncnc3sc4c(c23)[C@@H](CCO)CC4)CC1. The lowest BCUT2D eigenvalue weighted by atomic mass is 9.91. The maximum atomic E-state index is 12.0. The Kier molecular flexibility index (Phi) is 6.16. The van der Waals surface area contributed by atoms with Crippen molar-refractivity contribution in [1.29, 1.82) is 0 Å². The topological polar surface area (TPSA) is 96.4 Å². The van der Waals surface area contributed by atoms with Gasteiger partial charge in [-0.3, -0.25) is 0 Å². The van der Waals surface area contributed by atoms with Crippen molar-refractivity contribution in [2.24, 2.45) is 0 Å². The number of alkyl carbamates (subject to hydrolysis) is 1. The second kappa shape index (κ2) is 8.67. The fraction of sp³-hybridized carbons (Fsp3) is 0.682. The van der Waals surface area contributed by atoms with Gasteiger partial charge >= 0.3 is 6.09 Å². The third-order valence-corrected chi connectivity index (χ3v) is 7.17. The minimum atomic E-state index is -0.476. The first-order valence-electron chi connectivity index (χ1n) is 11.0. The molecule has 164 valence electrons. The van der Waals surface area contributed by atoms with Crippen LogP contribution in [0.1, 0.15) is 75.7 Å². The summed E-state index contributed by atoms with van der Waals surface area (Å²) in [7, 11) is 0. The Labute approximate surface area is 181 Å². The number of fused-ring (bicyclic) bond motifs is 3. The quantitative estimate of drug-likeness (QED) is 0.650. The van der Waals surface area contributed by atoms with Crippen molar-refractivity contribution in [2.45, 2.75) is 89.3 Å². The molecule has 0 saturated heterocycles. The second-order valence-corrected chi connectivity index (χ2v) is 10.5. The van der Waals surface area contributed by atoms with Crippen molar-refractivity contribution in [3.05, 3.63) is 16.8 Å². The van der Waals surface area contributed by atoms with Crippen molar-refractivity contribution in [2.75, 3.05) is 11.9 Å². The van der Waals surface area contributed by atoms with Crippen LogP contribution in [0.3, 0.4) is 0 Å². The van der Waals surface area contributed by atoms with Crippen molar-refractivity contribution in [1.82, 2.24) is 15.3 Å². The summed E-state index contributed by atoms with van der Waals surface area (Å²) in [6, 6.07) is 0.482. The Balaban J connectivity index is 1.41. The number of ether oxygens (including phenoxy) is 1. The predicted octanol–water partition coefficient (Wildman–Crippen LogP) is 4.35. The third-order valence-electron chi connectivity index (χ3n) is 6.00. The molecule has 2 aliphatic carbocycles. The van der Waals surface area contributed by atoms with Crippen LogP contribution in [0.4, 0.5) is 10.6 Å². The van der Waals surface area contributed by atoms with Crippen LogP contribution in [0.5, 0.6) is 0 Å². The van der Waals surface area contributed by atoms with Gasteiger partial charge in [0.1, 0.15) is 22.6 Å². The van der Waals surface area contributed by atoms with Crippen LogP contribution in [0.2, 0.25) is 0 Å². The number of nitrogens with one attached hydrogen (secondary N) is 2. The number of nitrogens with zero attached hydrogens (tertiary/aromatic N) is 2. The molecule has 0 spiro atoms. The van der Waals surface area contributed by atoms with Gasteiger partial charge in [-0.05, 0) is 77.2 Å². The molecule has 0 aliphatic heterocycles. The maximum Gasteiger partial charge on any atom is 0.407 e. The number of hydrogen-bond acceptors (Lipinski definition) is 7. The molecule has 2 aliphatic rings. The van der Waals surface area contributed by atoms with Crippen LogP contribution in [0.15, 0.2) is 6.33 Å². The van der Waals surface area contributed by atoms with E-state index in [1.807, 2.05) is 20.8 Å². The number of carbonyl (C=O) groups excluding carboxylic acids is 1. The molecular weight excluding hydrogens is 400 g/mol. The fourth-order valence-electron chi connectivity index (χ4n) is 4.67. The zero-order valence-electron chi connectivity index (χ0n) is 18.0. The first kappa shape index (κ1) is 21.3. The number of aryl methyl sites for hydroxylation is 1. The lowest BCUT2D eigenvalue weighted by Gasteiger charge is -2.31. The van der Waals surface area contributed by atoms with Crippen molar-refractivity contribution >= 4 is 33.5 Å². The van der Waals surface area contributed by atoms with Crippen LogP contribution in [0, 0.1) is 0 Å². The van der Waals surface area contributed by atoms with Gasteiger partial charge in [-0.15, -0.1) is 11.3 Å². The molecule has 1 amide bonds. The normalized spacial score (nSPS) is 23.9.